The minimum Gasteiger partial charge on any atom is -0.321 e. The summed E-state index contributed by atoms with van der Waals surface area (Å²) in [5.41, 5.74) is 2.98. The molecule has 1 amide bonds. The third-order valence-corrected chi connectivity index (χ3v) is 5.39. The number of benzene rings is 3. The van der Waals surface area contributed by atoms with E-state index in [1.54, 1.807) is 0 Å². The van der Waals surface area contributed by atoms with Crippen LogP contribution in [0.1, 0.15) is 10.4 Å². The second-order valence-electron chi connectivity index (χ2n) is 5.60. The van der Waals surface area contributed by atoms with Crippen LogP contribution in [0.3, 0.4) is 0 Å². The highest BCUT2D eigenvalue weighted by molar-refractivity contribution is 7.89. The van der Waals surface area contributed by atoms with Crippen molar-refractivity contribution in [3.05, 3.63) is 84.4 Å². The SMILES string of the molecule is CNS(=O)(=O)c1ccc(C(=O)Nc2ccccc2-c2ccccc2)cc1. The Morgan fingerprint density at radius 2 is 1.42 bits per heavy atom. The van der Waals surface area contributed by atoms with Crippen molar-refractivity contribution in [1.29, 1.82) is 0 Å². The third kappa shape index (κ3) is 3.82. The minimum atomic E-state index is -3.52. The summed E-state index contributed by atoms with van der Waals surface area (Å²) in [6, 6.07) is 23.1. The van der Waals surface area contributed by atoms with Gasteiger partial charge in [0.1, 0.15) is 0 Å². The summed E-state index contributed by atoms with van der Waals surface area (Å²) >= 11 is 0. The van der Waals surface area contributed by atoms with Gasteiger partial charge in [0, 0.05) is 16.8 Å². The fraction of sp³-hybridized carbons (Fsp3) is 0.0500. The number of amides is 1. The first-order valence-electron chi connectivity index (χ1n) is 8.01. The molecule has 0 saturated heterocycles. The minimum absolute atomic E-state index is 0.112. The standard InChI is InChI=1S/C20H18N2O3S/c1-21-26(24,25)17-13-11-16(12-14-17)20(23)22-19-10-6-5-9-18(19)15-7-3-2-4-8-15/h2-14,21H,1H3,(H,22,23). The van der Waals surface area contributed by atoms with E-state index in [0.29, 0.717) is 11.3 Å². The van der Waals surface area contributed by atoms with E-state index in [1.807, 2.05) is 54.6 Å². The summed E-state index contributed by atoms with van der Waals surface area (Å²) in [7, 11) is -2.18. The normalized spacial score (nSPS) is 11.1. The van der Waals surface area contributed by atoms with Crippen molar-refractivity contribution in [2.45, 2.75) is 4.90 Å². The second kappa shape index (κ2) is 7.51. The molecule has 2 N–H and O–H groups in total. The number of carbonyl (C=O) groups excluding carboxylic acids is 1. The van der Waals surface area contributed by atoms with Gasteiger partial charge in [0.2, 0.25) is 10.0 Å². The molecule has 0 bridgehead atoms. The fourth-order valence-electron chi connectivity index (χ4n) is 2.56. The molecule has 0 saturated carbocycles. The smallest absolute Gasteiger partial charge is 0.255 e. The van der Waals surface area contributed by atoms with Crippen molar-refractivity contribution in [2.24, 2.45) is 0 Å². The predicted octanol–water partition coefficient (Wildman–Crippen LogP) is 3.51. The molecule has 0 aliphatic heterocycles. The van der Waals surface area contributed by atoms with Gasteiger partial charge in [-0.1, -0.05) is 48.5 Å². The number of carbonyl (C=O) groups is 1. The molecule has 0 radical (unpaired) electrons. The van der Waals surface area contributed by atoms with Gasteiger partial charge in [-0.15, -0.1) is 0 Å². The lowest BCUT2D eigenvalue weighted by molar-refractivity contribution is 0.102. The summed E-state index contributed by atoms with van der Waals surface area (Å²) in [4.78, 5) is 12.7. The van der Waals surface area contributed by atoms with Crippen LogP contribution in [0.2, 0.25) is 0 Å². The van der Waals surface area contributed by atoms with Crippen LogP contribution in [0.15, 0.2) is 83.8 Å². The van der Waals surface area contributed by atoms with Crippen LogP contribution >= 0.6 is 0 Å². The quantitative estimate of drug-likeness (QED) is 0.725. The van der Waals surface area contributed by atoms with Crippen molar-refractivity contribution in [3.8, 4) is 11.1 Å². The molecule has 0 aliphatic rings. The molecule has 3 rings (SSSR count). The molecule has 0 spiro atoms. The van der Waals surface area contributed by atoms with Crippen molar-refractivity contribution in [1.82, 2.24) is 4.72 Å². The average Bonchev–Trinajstić information content (AvgIpc) is 2.69. The molecule has 0 aliphatic carbocycles. The number of sulfonamides is 1. The Morgan fingerprint density at radius 3 is 2.08 bits per heavy atom. The van der Waals surface area contributed by atoms with E-state index in [0.717, 1.165) is 11.1 Å². The lowest BCUT2D eigenvalue weighted by atomic mass is 10.0. The zero-order valence-electron chi connectivity index (χ0n) is 14.1. The van der Waals surface area contributed by atoms with Gasteiger partial charge in [-0.05, 0) is 42.9 Å². The molecule has 3 aromatic rings. The first-order chi connectivity index (χ1) is 12.5. The maximum absolute atomic E-state index is 12.6. The number of rotatable bonds is 5. The summed E-state index contributed by atoms with van der Waals surface area (Å²) in [5.74, 6) is -0.304. The van der Waals surface area contributed by atoms with Gasteiger partial charge >= 0.3 is 0 Å². The maximum atomic E-state index is 12.6. The Labute approximate surface area is 152 Å². The Morgan fingerprint density at radius 1 is 0.808 bits per heavy atom. The van der Waals surface area contributed by atoms with Crippen molar-refractivity contribution < 1.29 is 13.2 Å². The molecular weight excluding hydrogens is 348 g/mol. The maximum Gasteiger partial charge on any atom is 0.255 e. The Hall–Kier alpha value is -2.96. The van der Waals surface area contributed by atoms with Gasteiger partial charge in [-0.2, -0.15) is 0 Å². The second-order valence-corrected chi connectivity index (χ2v) is 7.48. The molecule has 26 heavy (non-hydrogen) atoms. The van der Waals surface area contributed by atoms with Crippen LogP contribution in [0, 0.1) is 0 Å². The van der Waals surface area contributed by atoms with Crippen LogP contribution in [0.4, 0.5) is 5.69 Å². The number of hydrogen-bond acceptors (Lipinski definition) is 3. The predicted molar refractivity (Wildman–Crippen MR) is 103 cm³/mol. The van der Waals surface area contributed by atoms with Crippen molar-refractivity contribution in [2.75, 3.05) is 12.4 Å². The fourth-order valence-corrected chi connectivity index (χ4v) is 3.29. The van der Waals surface area contributed by atoms with Crippen molar-refractivity contribution in [3.63, 3.8) is 0 Å². The molecule has 3 aromatic carbocycles. The van der Waals surface area contributed by atoms with E-state index in [1.165, 1.54) is 31.3 Å². The molecule has 132 valence electrons. The van der Waals surface area contributed by atoms with Gasteiger partial charge in [-0.25, -0.2) is 13.1 Å². The summed E-state index contributed by atoms with van der Waals surface area (Å²) in [6.07, 6.45) is 0. The monoisotopic (exact) mass is 366 g/mol. The molecule has 0 atom stereocenters. The van der Waals surface area contributed by atoms with E-state index in [9.17, 15) is 13.2 Å². The average molecular weight is 366 g/mol. The van der Waals surface area contributed by atoms with E-state index >= 15 is 0 Å². The van der Waals surface area contributed by atoms with Crippen LogP contribution in [0.25, 0.3) is 11.1 Å². The number of para-hydroxylation sites is 1. The zero-order valence-corrected chi connectivity index (χ0v) is 15.0. The molecule has 5 nitrogen and oxygen atoms in total. The van der Waals surface area contributed by atoms with Gasteiger partial charge in [0.15, 0.2) is 0 Å². The third-order valence-electron chi connectivity index (χ3n) is 3.96. The number of anilines is 1. The lowest BCUT2D eigenvalue weighted by Gasteiger charge is -2.11. The topological polar surface area (TPSA) is 75.3 Å². The summed E-state index contributed by atoms with van der Waals surface area (Å²) in [6.45, 7) is 0. The van der Waals surface area contributed by atoms with Gasteiger partial charge in [0.05, 0.1) is 4.90 Å². The zero-order chi connectivity index (χ0) is 18.6. The van der Waals surface area contributed by atoms with Crippen LogP contribution in [0.5, 0.6) is 0 Å². The van der Waals surface area contributed by atoms with Gasteiger partial charge in [0.25, 0.3) is 5.91 Å². The van der Waals surface area contributed by atoms with E-state index in [4.69, 9.17) is 0 Å². The molecule has 0 fully saturated rings. The van der Waals surface area contributed by atoms with Crippen molar-refractivity contribution >= 4 is 21.6 Å². The Bertz CT molecular complexity index is 1010. The van der Waals surface area contributed by atoms with Gasteiger partial charge in [-0.3, -0.25) is 4.79 Å². The molecule has 0 aromatic heterocycles. The first-order valence-corrected chi connectivity index (χ1v) is 9.49. The van der Waals surface area contributed by atoms with Crippen LogP contribution in [-0.4, -0.2) is 21.4 Å². The summed E-state index contributed by atoms with van der Waals surface area (Å²) < 4.78 is 25.8. The van der Waals surface area contributed by atoms with Crippen LogP contribution < -0.4 is 10.0 Å². The molecule has 0 heterocycles. The molecular formula is C20H18N2O3S. The summed E-state index contributed by atoms with van der Waals surface area (Å²) in [5, 5.41) is 2.89. The van der Waals surface area contributed by atoms with Gasteiger partial charge < -0.3 is 5.32 Å². The highest BCUT2D eigenvalue weighted by atomic mass is 32.2. The Kier molecular flexibility index (Phi) is 5.16. The van der Waals surface area contributed by atoms with E-state index in [2.05, 4.69) is 10.0 Å². The largest absolute Gasteiger partial charge is 0.321 e. The Balaban J connectivity index is 1.85. The van der Waals surface area contributed by atoms with E-state index < -0.39 is 10.0 Å². The molecule has 0 unspecified atom stereocenters. The lowest BCUT2D eigenvalue weighted by Crippen LogP contribution is -2.19. The highest BCUT2D eigenvalue weighted by Gasteiger charge is 2.14. The number of hydrogen-bond donors (Lipinski definition) is 2. The first kappa shape index (κ1) is 17.8. The molecule has 6 heteroatoms. The van der Waals surface area contributed by atoms with E-state index in [-0.39, 0.29) is 10.8 Å². The van der Waals surface area contributed by atoms with Crippen LogP contribution in [-0.2, 0) is 10.0 Å². The number of nitrogens with one attached hydrogen (secondary N) is 2. The highest BCUT2D eigenvalue weighted by Crippen LogP contribution is 2.28.